The van der Waals surface area contributed by atoms with Crippen LogP contribution in [-0.4, -0.2) is 4.98 Å². The fourth-order valence-corrected chi connectivity index (χ4v) is 1.75. The molecule has 0 N–H and O–H groups in total. The molecule has 0 aliphatic rings. The Morgan fingerprint density at radius 1 is 1.06 bits per heavy atom. The number of ether oxygens (including phenoxy) is 1. The van der Waals surface area contributed by atoms with Crippen LogP contribution in [0.5, 0.6) is 5.75 Å². The van der Waals surface area contributed by atoms with Crippen LogP contribution in [0.3, 0.4) is 0 Å². The molecule has 0 radical (unpaired) electrons. The van der Waals surface area contributed by atoms with Crippen molar-refractivity contribution in [1.82, 2.24) is 4.98 Å². The maximum atomic E-state index is 5.98. The second-order valence-corrected chi connectivity index (χ2v) is 4.12. The van der Waals surface area contributed by atoms with E-state index in [1.807, 2.05) is 30.3 Å². The molecule has 0 fully saturated rings. The predicted molar refractivity (Wildman–Crippen MR) is 69.6 cm³/mol. The highest BCUT2D eigenvalue weighted by molar-refractivity contribution is 6.30. The normalized spacial score (nSPS) is 10.2. The van der Waals surface area contributed by atoms with Gasteiger partial charge in [-0.1, -0.05) is 41.9 Å². The Balaban J connectivity index is 2.04. The lowest BCUT2D eigenvalue weighted by Gasteiger charge is -2.08. The molecule has 2 nitrogen and oxygen atoms in total. The first kappa shape index (κ1) is 12.2. The van der Waals surface area contributed by atoms with Gasteiger partial charge in [0.15, 0.2) is 10.9 Å². The summed E-state index contributed by atoms with van der Waals surface area (Å²) in [5, 5.41) is 0.346. The van der Waals surface area contributed by atoms with Crippen molar-refractivity contribution >= 4 is 23.2 Å². The Hall–Kier alpha value is -1.25. The third kappa shape index (κ3) is 3.35. The van der Waals surface area contributed by atoms with Crippen LogP contribution in [0.4, 0.5) is 0 Å². The summed E-state index contributed by atoms with van der Waals surface area (Å²) < 4.78 is 5.58. The van der Waals surface area contributed by atoms with Crippen LogP contribution in [0.25, 0.3) is 0 Å². The van der Waals surface area contributed by atoms with Crippen molar-refractivity contribution in [2.75, 3.05) is 0 Å². The lowest BCUT2D eigenvalue weighted by Crippen LogP contribution is -1.97. The number of benzene rings is 1. The van der Waals surface area contributed by atoms with E-state index in [-0.39, 0.29) is 0 Å². The van der Waals surface area contributed by atoms with Gasteiger partial charge in [-0.3, -0.25) is 0 Å². The molecule has 1 aromatic heterocycles. The Bertz CT molecular complexity index is 488. The molecule has 0 atom stereocenters. The minimum atomic E-state index is 0.346. The first-order chi connectivity index (χ1) is 8.29. The van der Waals surface area contributed by atoms with Gasteiger partial charge in [0.25, 0.3) is 0 Å². The Labute approximate surface area is 110 Å². The zero-order valence-electron chi connectivity index (χ0n) is 9.07. The lowest BCUT2D eigenvalue weighted by atomic mass is 10.2. The number of aromatic nitrogens is 1. The molecule has 0 bridgehead atoms. The number of pyridine rings is 1. The molecule has 17 heavy (non-hydrogen) atoms. The van der Waals surface area contributed by atoms with Crippen molar-refractivity contribution < 1.29 is 4.74 Å². The number of hydrogen-bond donors (Lipinski definition) is 0. The van der Waals surface area contributed by atoms with Gasteiger partial charge >= 0.3 is 0 Å². The van der Waals surface area contributed by atoms with Gasteiger partial charge in [0.2, 0.25) is 0 Å². The Morgan fingerprint density at radius 2 is 1.82 bits per heavy atom. The molecule has 0 saturated carbocycles. The van der Waals surface area contributed by atoms with Gasteiger partial charge in [-0.15, -0.1) is 11.6 Å². The topological polar surface area (TPSA) is 22.1 Å². The molecular weight excluding hydrogens is 257 g/mol. The van der Waals surface area contributed by atoms with E-state index in [1.54, 1.807) is 12.1 Å². The fraction of sp³-hybridized carbons (Fsp3) is 0.154. The van der Waals surface area contributed by atoms with Gasteiger partial charge in [-0.05, 0) is 17.7 Å². The van der Waals surface area contributed by atoms with E-state index in [2.05, 4.69) is 4.98 Å². The second-order valence-electron chi connectivity index (χ2n) is 3.50. The highest BCUT2D eigenvalue weighted by Gasteiger charge is 2.04. The minimum absolute atomic E-state index is 0.346. The van der Waals surface area contributed by atoms with Gasteiger partial charge in [-0.25, -0.2) is 4.98 Å². The third-order valence-electron chi connectivity index (χ3n) is 2.25. The van der Waals surface area contributed by atoms with E-state index in [4.69, 9.17) is 27.9 Å². The highest BCUT2D eigenvalue weighted by Crippen LogP contribution is 2.23. The molecule has 88 valence electrons. The molecule has 0 unspecified atom stereocenters. The van der Waals surface area contributed by atoms with Crippen molar-refractivity contribution in [3.63, 3.8) is 0 Å². The molecule has 0 aliphatic heterocycles. The standard InChI is InChI=1S/C13H11Cl2NO/c14-8-11-6-7-12(13(15)16-11)17-9-10-4-2-1-3-5-10/h1-7H,8-9H2. The van der Waals surface area contributed by atoms with Crippen molar-refractivity contribution in [2.45, 2.75) is 12.5 Å². The summed E-state index contributed by atoms with van der Waals surface area (Å²) in [7, 11) is 0. The van der Waals surface area contributed by atoms with Gasteiger partial charge in [0.1, 0.15) is 6.61 Å². The molecule has 2 rings (SSSR count). The zero-order chi connectivity index (χ0) is 12.1. The smallest absolute Gasteiger partial charge is 0.171 e. The van der Waals surface area contributed by atoms with E-state index >= 15 is 0 Å². The predicted octanol–water partition coefficient (Wildman–Crippen LogP) is 4.05. The van der Waals surface area contributed by atoms with Crippen LogP contribution >= 0.6 is 23.2 Å². The average molecular weight is 268 g/mol. The van der Waals surface area contributed by atoms with Crippen molar-refractivity contribution in [3.8, 4) is 5.75 Å². The second kappa shape index (κ2) is 5.89. The summed E-state index contributed by atoms with van der Waals surface area (Å²) in [6.07, 6.45) is 0. The van der Waals surface area contributed by atoms with Gasteiger partial charge in [0, 0.05) is 0 Å². The lowest BCUT2D eigenvalue weighted by molar-refractivity contribution is 0.305. The Morgan fingerprint density at radius 3 is 2.47 bits per heavy atom. The van der Waals surface area contributed by atoms with E-state index in [9.17, 15) is 0 Å². The summed E-state index contributed by atoms with van der Waals surface area (Å²) in [6, 6.07) is 13.5. The summed E-state index contributed by atoms with van der Waals surface area (Å²) >= 11 is 11.6. The molecule has 0 saturated heterocycles. The van der Waals surface area contributed by atoms with Crippen LogP contribution in [0.2, 0.25) is 5.15 Å². The maximum absolute atomic E-state index is 5.98. The fourth-order valence-electron chi connectivity index (χ4n) is 1.38. The SMILES string of the molecule is ClCc1ccc(OCc2ccccc2)c(Cl)n1. The van der Waals surface area contributed by atoms with Crippen molar-refractivity contribution in [3.05, 3.63) is 58.9 Å². The first-order valence-corrected chi connectivity index (χ1v) is 6.09. The monoisotopic (exact) mass is 267 g/mol. The first-order valence-electron chi connectivity index (χ1n) is 5.17. The molecule has 0 amide bonds. The number of rotatable bonds is 4. The van der Waals surface area contributed by atoms with Crippen molar-refractivity contribution in [2.24, 2.45) is 0 Å². The van der Waals surface area contributed by atoms with Gasteiger partial charge in [0.05, 0.1) is 11.6 Å². The number of hydrogen-bond acceptors (Lipinski definition) is 2. The molecule has 0 spiro atoms. The van der Waals surface area contributed by atoms with Crippen LogP contribution in [0.15, 0.2) is 42.5 Å². The zero-order valence-corrected chi connectivity index (χ0v) is 10.6. The largest absolute Gasteiger partial charge is 0.486 e. The Kier molecular flexibility index (Phi) is 4.24. The average Bonchev–Trinajstić information content (AvgIpc) is 2.38. The summed E-state index contributed by atoms with van der Waals surface area (Å²) in [6.45, 7) is 0.475. The molecule has 4 heteroatoms. The van der Waals surface area contributed by atoms with Crippen LogP contribution < -0.4 is 4.74 Å². The molecule has 0 aliphatic carbocycles. The van der Waals surface area contributed by atoms with Crippen LogP contribution in [0.1, 0.15) is 11.3 Å². The summed E-state index contributed by atoms with van der Waals surface area (Å²) in [4.78, 5) is 4.11. The quantitative estimate of drug-likeness (QED) is 0.616. The number of halogens is 2. The van der Waals surface area contributed by atoms with E-state index in [1.165, 1.54) is 0 Å². The van der Waals surface area contributed by atoms with E-state index < -0.39 is 0 Å². The molecule has 2 aromatic rings. The maximum Gasteiger partial charge on any atom is 0.171 e. The highest BCUT2D eigenvalue weighted by atomic mass is 35.5. The van der Waals surface area contributed by atoms with E-state index in [0.717, 1.165) is 11.3 Å². The molecule has 1 aromatic carbocycles. The van der Waals surface area contributed by atoms with Crippen LogP contribution in [-0.2, 0) is 12.5 Å². The minimum Gasteiger partial charge on any atom is -0.486 e. The molecular formula is C13H11Cl2NO. The third-order valence-corrected chi connectivity index (χ3v) is 2.79. The van der Waals surface area contributed by atoms with Crippen molar-refractivity contribution in [1.29, 1.82) is 0 Å². The van der Waals surface area contributed by atoms with Gasteiger partial charge in [-0.2, -0.15) is 0 Å². The van der Waals surface area contributed by atoms with Crippen LogP contribution in [0, 0.1) is 0 Å². The van der Waals surface area contributed by atoms with E-state index in [0.29, 0.717) is 23.4 Å². The number of alkyl halides is 1. The summed E-state index contributed by atoms with van der Waals surface area (Å²) in [5.41, 5.74) is 1.83. The molecule has 1 heterocycles. The summed E-state index contributed by atoms with van der Waals surface area (Å²) in [5.74, 6) is 0.919. The number of nitrogens with zero attached hydrogens (tertiary/aromatic N) is 1. The van der Waals surface area contributed by atoms with Gasteiger partial charge < -0.3 is 4.74 Å².